The van der Waals surface area contributed by atoms with Gasteiger partial charge in [0.2, 0.25) is 5.91 Å². The maximum Gasteiger partial charge on any atom is 0.217 e. The smallest absolute Gasteiger partial charge is 0.217 e. The third kappa shape index (κ3) is 5.17. The largest absolute Gasteiger partial charge is 0.493 e. The Kier molecular flexibility index (Phi) is 5.73. The molecule has 2 aromatic heterocycles. The predicted octanol–water partition coefficient (Wildman–Crippen LogP) is 5.78. The number of carbonyl (C=O) groups is 1. The van der Waals surface area contributed by atoms with Crippen molar-refractivity contribution in [2.75, 3.05) is 6.61 Å². The van der Waals surface area contributed by atoms with Gasteiger partial charge in [0.1, 0.15) is 17.2 Å². The molecular formula is C27H27N3O3. The fourth-order valence-corrected chi connectivity index (χ4v) is 3.74. The van der Waals surface area contributed by atoms with E-state index in [0.717, 1.165) is 46.2 Å². The molecule has 1 saturated carbocycles. The van der Waals surface area contributed by atoms with Gasteiger partial charge in [0.25, 0.3) is 0 Å². The second-order valence-electron chi connectivity index (χ2n) is 8.64. The summed E-state index contributed by atoms with van der Waals surface area (Å²) < 4.78 is 13.7. The summed E-state index contributed by atoms with van der Waals surface area (Å²) >= 11 is 0. The molecule has 1 amide bonds. The number of pyridine rings is 1. The first-order valence-corrected chi connectivity index (χ1v) is 11.3. The third-order valence-electron chi connectivity index (χ3n) is 5.78. The van der Waals surface area contributed by atoms with Crippen LogP contribution in [0.2, 0.25) is 0 Å². The van der Waals surface area contributed by atoms with Crippen LogP contribution >= 0.6 is 0 Å². The first-order valence-electron chi connectivity index (χ1n) is 11.3. The van der Waals surface area contributed by atoms with Crippen LogP contribution in [-0.4, -0.2) is 22.1 Å². The first kappa shape index (κ1) is 21.1. The first-order chi connectivity index (χ1) is 16.0. The van der Waals surface area contributed by atoms with Crippen molar-refractivity contribution >= 4 is 11.4 Å². The summed E-state index contributed by atoms with van der Waals surface area (Å²) in [5.41, 5.74) is 3.87. The normalized spacial score (nSPS) is 14.1. The number of amides is 1. The number of hydrogen-bond donors (Lipinski definition) is 1. The topological polar surface area (TPSA) is 64.9 Å². The van der Waals surface area contributed by atoms with Crippen molar-refractivity contribution in [3.05, 3.63) is 78.5 Å². The molecule has 0 aliphatic heterocycles. The Labute approximate surface area is 193 Å². The van der Waals surface area contributed by atoms with Crippen molar-refractivity contribution < 1.29 is 14.3 Å². The molecule has 1 unspecified atom stereocenters. The third-order valence-corrected chi connectivity index (χ3v) is 5.78. The molecule has 2 heterocycles. The van der Waals surface area contributed by atoms with E-state index < -0.39 is 0 Å². The minimum absolute atomic E-state index is 0.0522. The average molecular weight is 442 g/mol. The van der Waals surface area contributed by atoms with Gasteiger partial charge in [-0.1, -0.05) is 12.1 Å². The molecule has 1 aliphatic rings. The van der Waals surface area contributed by atoms with E-state index in [1.165, 1.54) is 19.8 Å². The molecule has 1 fully saturated rings. The number of benzene rings is 2. The zero-order chi connectivity index (χ0) is 22.8. The van der Waals surface area contributed by atoms with Gasteiger partial charge in [0.05, 0.1) is 23.9 Å². The minimum atomic E-state index is -0.0754. The summed E-state index contributed by atoms with van der Waals surface area (Å²) in [6.45, 7) is 4.26. The van der Waals surface area contributed by atoms with Gasteiger partial charge >= 0.3 is 0 Å². The zero-order valence-corrected chi connectivity index (χ0v) is 18.8. The number of rotatable bonds is 8. The number of carbonyl (C=O) groups excluding carboxylic acids is 1. The molecular weight excluding hydrogens is 414 g/mol. The number of nitrogens with zero attached hydrogens (tertiary/aromatic N) is 2. The summed E-state index contributed by atoms with van der Waals surface area (Å²) in [4.78, 5) is 11.3. The highest BCUT2D eigenvalue weighted by Gasteiger charge is 2.21. The molecule has 5 rings (SSSR count). The maximum atomic E-state index is 11.3. The Bertz CT molecular complexity index is 1280. The lowest BCUT2D eigenvalue weighted by Gasteiger charge is -2.12. The van der Waals surface area contributed by atoms with Crippen LogP contribution in [0.25, 0.3) is 16.8 Å². The summed E-state index contributed by atoms with van der Waals surface area (Å²) in [5, 5.41) is 7.62. The van der Waals surface area contributed by atoms with Crippen LogP contribution < -0.4 is 14.8 Å². The summed E-state index contributed by atoms with van der Waals surface area (Å²) in [7, 11) is 0. The summed E-state index contributed by atoms with van der Waals surface area (Å²) in [6.07, 6.45) is 4.49. The molecule has 2 aromatic carbocycles. The standard InChI is InChI=1S/C27H27N3O3/c1-18(28-19(2)31)22-8-11-23-14-27(29-30(23)16-22)21-9-12-24(13-10-21)33-26-5-3-4-25(15-26)32-17-20-6-7-20/h3-5,8-16,18,20H,6-7,17H2,1-2H3,(H,28,31). The molecule has 4 aromatic rings. The molecule has 0 spiro atoms. The van der Waals surface area contributed by atoms with Crippen molar-refractivity contribution in [3.63, 3.8) is 0 Å². The van der Waals surface area contributed by atoms with E-state index in [0.29, 0.717) is 5.92 Å². The van der Waals surface area contributed by atoms with Crippen molar-refractivity contribution in [2.24, 2.45) is 5.92 Å². The van der Waals surface area contributed by atoms with Crippen molar-refractivity contribution in [3.8, 4) is 28.5 Å². The average Bonchev–Trinajstić information content (AvgIpc) is 3.54. The molecule has 1 N–H and O–H groups in total. The van der Waals surface area contributed by atoms with Crippen molar-refractivity contribution in [1.29, 1.82) is 0 Å². The van der Waals surface area contributed by atoms with Crippen LogP contribution in [0.4, 0.5) is 0 Å². The van der Waals surface area contributed by atoms with Crippen LogP contribution in [0, 0.1) is 5.92 Å². The van der Waals surface area contributed by atoms with Gasteiger partial charge in [-0.3, -0.25) is 4.79 Å². The number of aromatic nitrogens is 2. The van der Waals surface area contributed by atoms with Crippen LogP contribution in [0.1, 0.15) is 38.3 Å². The quantitative estimate of drug-likeness (QED) is 0.376. The molecule has 1 aliphatic carbocycles. The highest BCUT2D eigenvalue weighted by molar-refractivity contribution is 5.73. The Hall–Kier alpha value is -3.80. The molecule has 168 valence electrons. The second kappa shape index (κ2) is 8.98. The van der Waals surface area contributed by atoms with Crippen LogP contribution in [0.3, 0.4) is 0 Å². The number of hydrogen-bond acceptors (Lipinski definition) is 4. The maximum absolute atomic E-state index is 11.3. The molecule has 6 heteroatoms. The monoisotopic (exact) mass is 441 g/mol. The highest BCUT2D eigenvalue weighted by atomic mass is 16.5. The van der Waals surface area contributed by atoms with Crippen LogP contribution in [0.15, 0.2) is 72.9 Å². The van der Waals surface area contributed by atoms with Gasteiger partial charge in [-0.2, -0.15) is 5.10 Å². The van der Waals surface area contributed by atoms with E-state index >= 15 is 0 Å². The van der Waals surface area contributed by atoms with Gasteiger partial charge in [-0.05, 0) is 79.8 Å². The highest BCUT2D eigenvalue weighted by Crippen LogP contribution is 2.31. The van der Waals surface area contributed by atoms with E-state index in [-0.39, 0.29) is 11.9 Å². The SMILES string of the molecule is CC(=O)NC(C)c1ccc2cc(-c3ccc(Oc4cccc(OCC5CC5)c4)cc3)nn2c1. The molecule has 6 nitrogen and oxygen atoms in total. The zero-order valence-electron chi connectivity index (χ0n) is 18.8. The van der Waals surface area contributed by atoms with E-state index in [2.05, 4.69) is 5.32 Å². The van der Waals surface area contributed by atoms with Gasteiger partial charge < -0.3 is 14.8 Å². The predicted molar refractivity (Wildman–Crippen MR) is 128 cm³/mol. The second-order valence-corrected chi connectivity index (χ2v) is 8.64. The number of fused-ring (bicyclic) bond motifs is 1. The fourth-order valence-electron chi connectivity index (χ4n) is 3.74. The number of ether oxygens (including phenoxy) is 2. The Balaban J connectivity index is 1.29. The number of nitrogens with one attached hydrogen (secondary N) is 1. The van der Waals surface area contributed by atoms with Gasteiger partial charge in [0.15, 0.2) is 0 Å². The Morgan fingerprint density at radius 2 is 1.85 bits per heavy atom. The van der Waals surface area contributed by atoms with Gasteiger partial charge in [0, 0.05) is 24.8 Å². The molecule has 33 heavy (non-hydrogen) atoms. The van der Waals surface area contributed by atoms with E-state index in [9.17, 15) is 4.79 Å². The lowest BCUT2D eigenvalue weighted by Crippen LogP contribution is -2.23. The van der Waals surface area contributed by atoms with Crippen molar-refractivity contribution in [2.45, 2.75) is 32.7 Å². The van der Waals surface area contributed by atoms with E-state index in [4.69, 9.17) is 14.6 Å². The molecule has 0 saturated heterocycles. The molecule has 1 atom stereocenters. The van der Waals surface area contributed by atoms with Gasteiger partial charge in [-0.15, -0.1) is 0 Å². The summed E-state index contributed by atoms with van der Waals surface area (Å²) in [5.74, 6) is 3.02. The summed E-state index contributed by atoms with van der Waals surface area (Å²) in [6, 6.07) is 21.7. The minimum Gasteiger partial charge on any atom is -0.493 e. The van der Waals surface area contributed by atoms with Gasteiger partial charge in [-0.25, -0.2) is 4.52 Å². The van der Waals surface area contributed by atoms with E-state index in [1.54, 1.807) is 0 Å². The van der Waals surface area contributed by atoms with Crippen molar-refractivity contribution in [1.82, 2.24) is 14.9 Å². The van der Waals surface area contributed by atoms with E-state index in [1.807, 2.05) is 84.4 Å². The van der Waals surface area contributed by atoms with Crippen LogP contribution in [-0.2, 0) is 4.79 Å². The molecule has 0 bridgehead atoms. The van der Waals surface area contributed by atoms with Crippen LogP contribution in [0.5, 0.6) is 17.2 Å². The Morgan fingerprint density at radius 1 is 1.06 bits per heavy atom. The lowest BCUT2D eigenvalue weighted by molar-refractivity contribution is -0.119. The Morgan fingerprint density at radius 3 is 2.61 bits per heavy atom. The fraction of sp³-hybridized carbons (Fsp3) is 0.259. The molecule has 0 radical (unpaired) electrons. The lowest BCUT2D eigenvalue weighted by atomic mass is 10.1.